The van der Waals surface area contributed by atoms with Gasteiger partial charge in [-0.15, -0.1) is 0 Å². The third-order valence-electron chi connectivity index (χ3n) is 2.03. The van der Waals surface area contributed by atoms with Gasteiger partial charge < -0.3 is 0 Å². The molecule has 1 aromatic rings. The third-order valence-corrected chi connectivity index (χ3v) is 2.03. The predicted molar refractivity (Wildman–Crippen MR) is 47.2 cm³/mol. The molecule has 0 radical (unpaired) electrons. The summed E-state index contributed by atoms with van der Waals surface area (Å²) in [6.07, 6.45) is 0.602. The maximum Gasteiger partial charge on any atom is 0.272 e. The Labute approximate surface area is 75.3 Å². The summed E-state index contributed by atoms with van der Waals surface area (Å²) in [6.45, 7) is 3.46. The minimum atomic E-state index is -0.582. The summed E-state index contributed by atoms with van der Waals surface area (Å²) >= 11 is 0. The first kappa shape index (κ1) is 9.64. The molecule has 0 spiro atoms. The van der Waals surface area contributed by atoms with E-state index < -0.39 is 10.7 Å². The van der Waals surface area contributed by atoms with Crippen LogP contribution in [-0.4, -0.2) is 4.92 Å². The molecule has 0 atom stereocenters. The van der Waals surface area contributed by atoms with Crippen molar-refractivity contribution in [1.29, 1.82) is 0 Å². The van der Waals surface area contributed by atoms with Gasteiger partial charge in [0, 0.05) is 6.07 Å². The van der Waals surface area contributed by atoms with Crippen LogP contribution >= 0.6 is 0 Å². The van der Waals surface area contributed by atoms with Crippen LogP contribution in [0.3, 0.4) is 0 Å². The van der Waals surface area contributed by atoms with Crippen LogP contribution in [0.15, 0.2) is 12.1 Å². The number of nitrogens with zero attached hydrogens (tertiary/aromatic N) is 1. The lowest BCUT2D eigenvalue weighted by atomic mass is 10.1. The molecule has 0 unspecified atom stereocenters. The van der Waals surface area contributed by atoms with Gasteiger partial charge in [-0.25, -0.2) is 4.39 Å². The van der Waals surface area contributed by atoms with Crippen LogP contribution in [0.1, 0.15) is 18.1 Å². The van der Waals surface area contributed by atoms with Crippen LogP contribution in [-0.2, 0) is 6.42 Å². The van der Waals surface area contributed by atoms with E-state index in [1.54, 1.807) is 6.92 Å². The summed E-state index contributed by atoms with van der Waals surface area (Å²) in [5.41, 5.74) is 1.000. The average molecular weight is 183 g/mol. The average Bonchev–Trinajstić information content (AvgIpc) is 2.09. The summed E-state index contributed by atoms with van der Waals surface area (Å²) in [4.78, 5) is 9.79. The van der Waals surface area contributed by atoms with Gasteiger partial charge in [-0.2, -0.15) is 0 Å². The largest absolute Gasteiger partial charge is 0.272 e. The monoisotopic (exact) mass is 183 g/mol. The second-order valence-electron chi connectivity index (χ2n) is 2.82. The van der Waals surface area contributed by atoms with Crippen molar-refractivity contribution in [2.45, 2.75) is 20.3 Å². The first-order chi connectivity index (χ1) is 6.06. The van der Waals surface area contributed by atoms with Gasteiger partial charge in [0.25, 0.3) is 5.69 Å². The molecular weight excluding hydrogens is 173 g/mol. The molecule has 0 bridgehead atoms. The molecule has 0 amide bonds. The van der Waals surface area contributed by atoms with E-state index in [1.165, 1.54) is 6.07 Å². The molecule has 0 aromatic heterocycles. The number of hydrogen-bond donors (Lipinski definition) is 0. The number of halogens is 1. The van der Waals surface area contributed by atoms with Crippen molar-refractivity contribution in [2.24, 2.45) is 0 Å². The molecule has 3 nitrogen and oxygen atoms in total. The Morgan fingerprint density at radius 1 is 1.54 bits per heavy atom. The van der Waals surface area contributed by atoms with Gasteiger partial charge in [-0.3, -0.25) is 10.1 Å². The molecule has 70 valence electrons. The lowest BCUT2D eigenvalue weighted by Gasteiger charge is -2.03. The fraction of sp³-hybridized carbons (Fsp3) is 0.333. The Kier molecular flexibility index (Phi) is 2.60. The summed E-state index contributed by atoms with van der Waals surface area (Å²) < 4.78 is 13.1. The number of nitro groups is 1. The number of aryl methyl sites for hydroxylation is 1. The number of benzene rings is 1. The van der Waals surface area contributed by atoms with Gasteiger partial charge in [0.2, 0.25) is 0 Å². The van der Waals surface area contributed by atoms with Gasteiger partial charge in [0.15, 0.2) is 0 Å². The number of non-ortho nitro benzene ring substituents is 1. The van der Waals surface area contributed by atoms with E-state index in [2.05, 4.69) is 0 Å². The highest BCUT2D eigenvalue weighted by Crippen LogP contribution is 2.21. The molecule has 0 saturated carbocycles. The highest BCUT2D eigenvalue weighted by atomic mass is 19.1. The molecule has 0 fully saturated rings. The smallest absolute Gasteiger partial charge is 0.258 e. The van der Waals surface area contributed by atoms with E-state index in [4.69, 9.17) is 0 Å². The molecule has 0 aliphatic rings. The van der Waals surface area contributed by atoms with E-state index in [1.807, 2.05) is 6.92 Å². The van der Waals surface area contributed by atoms with Crippen molar-refractivity contribution in [3.63, 3.8) is 0 Å². The number of hydrogen-bond acceptors (Lipinski definition) is 2. The van der Waals surface area contributed by atoms with Gasteiger partial charge in [0.1, 0.15) is 5.82 Å². The molecule has 0 aliphatic heterocycles. The van der Waals surface area contributed by atoms with Crippen molar-refractivity contribution < 1.29 is 9.31 Å². The van der Waals surface area contributed by atoms with Gasteiger partial charge >= 0.3 is 0 Å². The van der Waals surface area contributed by atoms with Crippen LogP contribution < -0.4 is 0 Å². The van der Waals surface area contributed by atoms with Crippen LogP contribution in [0, 0.1) is 22.9 Å². The second kappa shape index (κ2) is 3.51. The summed E-state index contributed by atoms with van der Waals surface area (Å²) in [5, 5.41) is 10.4. The maximum atomic E-state index is 13.1. The molecule has 0 saturated heterocycles. The van der Waals surface area contributed by atoms with E-state index >= 15 is 0 Å². The molecular formula is C9H10FNO2. The van der Waals surface area contributed by atoms with E-state index in [-0.39, 0.29) is 5.69 Å². The first-order valence-corrected chi connectivity index (χ1v) is 3.99. The van der Waals surface area contributed by atoms with E-state index in [9.17, 15) is 14.5 Å². The predicted octanol–water partition coefficient (Wildman–Crippen LogP) is 2.60. The van der Waals surface area contributed by atoms with Crippen molar-refractivity contribution >= 4 is 5.69 Å². The van der Waals surface area contributed by atoms with Crippen LogP contribution in [0.25, 0.3) is 0 Å². The van der Waals surface area contributed by atoms with Gasteiger partial charge in [-0.05, 0) is 24.5 Å². The summed E-state index contributed by atoms with van der Waals surface area (Å²) in [5.74, 6) is -0.508. The zero-order valence-corrected chi connectivity index (χ0v) is 7.50. The Bertz CT molecular complexity index is 350. The van der Waals surface area contributed by atoms with Crippen LogP contribution in [0.2, 0.25) is 0 Å². The highest BCUT2D eigenvalue weighted by molar-refractivity contribution is 5.40. The minimum absolute atomic E-state index is 0.181. The lowest BCUT2D eigenvalue weighted by Crippen LogP contribution is -1.96. The Balaban J connectivity index is 3.30. The highest BCUT2D eigenvalue weighted by Gasteiger charge is 2.12. The van der Waals surface area contributed by atoms with Crippen LogP contribution in [0.4, 0.5) is 10.1 Å². The molecule has 1 rings (SSSR count). The fourth-order valence-corrected chi connectivity index (χ4v) is 1.19. The van der Waals surface area contributed by atoms with Gasteiger partial charge in [-0.1, -0.05) is 6.92 Å². The lowest BCUT2D eigenvalue weighted by molar-refractivity contribution is -0.385. The molecule has 0 heterocycles. The number of rotatable bonds is 2. The summed E-state index contributed by atoms with van der Waals surface area (Å²) in [6, 6.07) is 2.37. The van der Waals surface area contributed by atoms with Crippen molar-refractivity contribution in [1.82, 2.24) is 0 Å². The summed E-state index contributed by atoms with van der Waals surface area (Å²) in [7, 11) is 0. The number of nitro benzene ring substituents is 1. The Morgan fingerprint density at radius 2 is 2.15 bits per heavy atom. The Hall–Kier alpha value is -1.45. The van der Waals surface area contributed by atoms with Gasteiger partial charge in [0.05, 0.1) is 11.0 Å². The molecule has 13 heavy (non-hydrogen) atoms. The zero-order chi connectivity index (χ0) is 10.0. The molecule has 4 heteroatoms. The third kappa shape index (κ3) is 1.83. The van der Waals surface area contributed by atoms with Crippen molar-refractivity contribution in [2.75, 3.05) is 0 Å². The zero-order valence-electron chi connectivity index (χ0n) is 7.50. The minimum Gasteiger partial charge on any atom is -0.258 e. The SMILES string of the molecule is CCc1cc([N+](=O)[O-])cc(F)c1C. The van der Waals surface area contributed by atoms with E-state index in [0.717, 1.165) is 6.07 Å². The normalized spacial score (nSPS) is 10.1. The first-order valence-electron chi connectivity index (χ1n) is 3.99. The molecule has 0 aliphatic carbocycles. The molecule has 1 aromatic carbocycles. The standard InChI is InChI=1S/C9H10FNO2/c1-3-7-4-8(11(12)13)5-9(10)6(7)2/h4-5H,3H2,1-2H3. The Morgan fingerprint density at radius 3 is 2.62 bits per heavy atom. The maximum absolute atomic E-state index is 13.1. The quantitative estimate of drug-likeness (QED) is 0.522. The van der Waals surface area contributed by atoms with E-state index in [0.29, 0.717) is 17.5 Å². The second-order valence-corrected chi connectivity index (χ2v) is 2.82. The molecule has 0 N–H and O–H groups in total. The fourth-order valence-electron chi connectivity index (χ4n) is 1.19. The van der Waals surface area contributed by atoms with Crippen molar-refractivity contribution in [3.05, 3.63) is 39.2 Å². The topological polar surface area (TPSA) is 43.1 Å². The van der Waals surface area contributed by atoms with Crippen LogP contribution in [0.5, 0.6) is 0 Å². The van der Waals surface area contributed by atoms with Crippen molar-refractivity contribution in [3.8, 4) is 0 Å².